The first kappa shape index (κ1) is 22.1. The minimum atomic E-state index is -0.977. The first-order chi connectivity index (χ1) is 15.0. The van der Waals surface area contributed by atoms with Gasteiger partial charge in [-0.15, -0.1) is 0 Å². The maximum Gasteiger partial charge on any atom is 0.328 e. The molecule has 5 nitrogen and oxygen atoms in total. The van der Waals surface area contributed by atoms with Gasteiger partial charge in [-0.1, -0.05) is 72.8 Å². The molecule has 31 heavy (non-hydrogen) atoms. The normalized spacial score (nSPS) is 12.0. The quantitative estimate of drug-likeness (QED) is 0.565. The lowest BCUT2D eigenvalue weighted by atomic mass is 9.75. The Morgan fingerprint density at radius 2 is 1.35 bits per heavy atom. The number of amides is 1. The van der Waals surface area contributed by atoms with Gasteiger partial charge in [0.2, 0.25) is 5.91 Å². The standard InChI is InChI=1S/C26H27NO4/c1-26(20-10-6-4-7-11-20,21-12-8-5-9-13-21)25(29)27-23(24(28)31-3)18-19-14-16-22(30-2)17-15-19/h4-17,23H,18H2,1-3H3,(H,27,29)/t23-/m1/s1. The number of benzene rings is 3. The third-order valence-corrected chi connectivity index (χ3v) is 5.55. The van der Waals surface area contributed by atoms with E-state index in [1.165, 1.54) is 7.11 Å². The molecule has 1 amide bonds. The average molecular weight is 418 g/mol. The van der Waals surface area contributed by atoms with Crippen LogP contribution in [0.15, 0.2) is 84.9 Å². The topological polar surface area (TPSA) is 64.6 Å². The summed E-state index contributed by atoms with van der Waals surface area (Å²) in [4.78, 5) is 26.2. The van der Waals surface area contributed by atoms with Crippen molar-refractivity contribution in [3.05, 3.63) is 102 Å². The van der Waals surface area contributed by atoms with E-state index < -0.39 is 17.4 Å². The van der Waals surface area contributed by atoms with Crippen molar-refractivity contribution in [1.29, 1.82) is 0 Å². The summed E-state index contributed by atoms with van der Waals surface area (Å²) in [6.07, 6.45) is 0.308. The summed E-state index contributed by atoms with van der Waals surface area (Å²) in [7, 11) is 2.92. The van der Waals surface area contributed by atoms with E-state index in [2.05, 4.69) is 5.32 Å². The molecule has 0 saturated carbocycles. The smallest absolute Gasteiger partial charge is 0.328 e. The van der Waals surface area contributed by atoms with Gasteiger partial charge in [-0.05, 0) is 35.7 Å². The third kappa shape index (κ3) is 4.94. The molecule has 0 aromatic heterocycles. The fourth-order valence-corrected chi connectivity index (χ4v) is 3.61. The Morgan fingerprint density at radius 1 is 0.839 bits per heavy atom. The van der Waals surface area contributed by atoms with Crippen LogP contribution in [0.3, 0.4) is 0 Å². The Balaban J connectivity index is 1.92. The molecule has 0 saturated heterocycles. The Morgan fingerprint density at radius 3 is 1.81 bits per heavy atom. The molecule has 0 aliphatic rings. The molecule has 0 radical (unpaired) electrons. The minimum Gasteiger partial charge on any atom is -0.497 e. The van der Waals surface area contributed by atoms with Gasteiger partial charge >= 0.3 is 5.97 Å². The van der Waals surface area contributed by atoms with Crippen LogP contribution in [0.25, 0.3) is 0 Å². The number of esters is 1. The van der Waals surface area contributed by atoms with Crippen molar-refractivity contribution in [3.63, 3.8) is 0 Å². The molecule has 160 valence electrons. The van der Waals surface area contributed by atoms with Crippen molar-refractivity contribution in [2.45, 2.75) is 24.8 Å². The van der Waals surface area contributed by atoms with Crippen LogP contribution >= 0.6 is 0 Å². The van der Waals surface area contributed by atoms with Crippen LogP contribution in [0.4, 0.5) is 0 Å². The molecule has 0 fully saturated rings. The van der Waals surface area contributed by atoms with Crippen LogP contribution in [-0.2, 0) is 26.2 Å². The molecular weight excluding hydrogens is 390 g/mol. The van der Waals surface area contributed by atoms with Crippen molar-refractivity contribution >= 4 is 11.9 Å². The monoisotopic (exact) mass is 417 g/mol. The molecule has 5 heteroatoms. The van der Waals surface area contributed by atoms with Crippen LogP contribution in [0.5, 0.6) is 5.75 Å². The fraction of sp³-hybridized carbons (Fsp3) is 0.231. The Labute approximate surface area is 183 Å². The number of rotatable bonds is 8. The minimum absolute atomic E-state index is 0.270. The zero-order valence-corrected chi connectivity index (χ0v) is 18.0. The average Bonchev–Trinajstić information content (AvgIpc) is 2.84. The van der Waals surface area contributed by atoms with E-state index in [1.54, 1.807) is 7.11 Å². The van der Waals surface area contributed by atoms with Gasteiger partial charge in [0.15, 0.2) is 0 Å². The van der Waals surface area contributed by atoms with Crippen LogP contribution in [0, 0.1) is 0 Å². The molecule has 0 aliphatic carbocycles. The number of hydrogen-bond acceptors (Lipinski definition) is 4. The second kappa shape index (κ2) is 9.94. The predicted molar refractivity (Wildman–Crippen MR) is 120 cm³/mol. The highest BCUT2D eigenvalue weighted by Crippen LogP contribution is 2.32. The summed E-state index contributed by atoms with van der Waals surface area (Å²) in [5.74, 6) is -0.0374. The van der Waals surface area contributed by atoms with E-state index in [0.717, 1.165) is 22.4 Å². The van der Waals surface area contributed by atoms with Gasteiger partial charge in [0.1, 0.15) is 11.8 Å². The molecule has 3 aromatic carbocycles. The van der Waals surface area contributed by atoms with Gasteiger partial charge < -0.3 is 14.8 Å². The van der Waals surface area contributed by atoms with Gasteiger partial charge in [-0.3, -0.25) is 4.79 Å². The van der Waals surface area contributed by atoms with Crippen LogP contribution in [0.2, 0.25) is 0 Å². The number of methoxy groups -OCH3 is 2. The first-order valence-corrected chi connectivity index (χ1v) is 10.1. The predicted octanol–water partition coefficient (Wildman–Crippen LogP) is 3.90. The van der Waals surface area contributed by atoms with Crippen molar-refractivity contribution < 1.29 is 19.1 Å². The molecule has 1 N–H and O–H groups in total. The van der Waals surface area contributed by atoms with Crippen molar-refractivity contribution in [1.82, 2.24) is 5.32 Å². The Kier molecular flexibility index (Phi) is 7.08. The lowest BCUT2D eigenvalue weighted by molar-refractivity contribution is -0.145. The van der Waals surface area contributed by atoms with Crippen LogP contribution in [0.1, 0.15) is 23.6 Å². The van der Waals surface area contributed by atoms with Gasteiger partial charge in [-0.2, -0.15) is 0 Å². The summed E-state index contributed by atoms with van der Waals surface area (Å²) in [5, 5.41) is 2.94. The summed E-state index contributed by atoms with van der Waals surface area (Å²) in [6.45, 7) is 1.87. The first-order valence-electron chi connectivity index (χ1n) is 10.1. The number of ether oxygens (including phenoxy) is 2. The summed E-state index contributed by atoms with van der Waals surface area (Å²) in [5.41, 5.74) is 1.59. The summed E-state index contributed by atoms with van der Waals surface area (Å²) in [6, 6.07) is 25.7. The largest absolute Gasteiger partial charge is 0.497 e. The highest BCUT2D eigenvalue weighted by atomic mass is 16.5. The highest BCUT2D eigenvalue weighted by Gasteiger charge is 2.39. The van der Waals surface area contributed by atoms with E-state index in [1.807, 2.05) is 91.9 Å². The van der Waals surface area contributed by atoms with Crippen molar-refractivity contribution in [2.75, 3.05) is 14.2 Å². The lowest BCUT2D eigenvalue weighted by Gasteiger charge is -2.31. The molecule has 3 aromatic rings. The molecule has 0 unspecified atom stereocenters. The maximum absolute atomic E-state index is 13.6. The van der Waals surface area contributed by atoms with E-state index in [0.29, 0.717) is 6.42 Å². The second-order valence-corrected chi connectivity index (χ2v) is 7.46. The molecule has 0 aliphatic heterocycles. The number of nitrogens with one attached hydrogen (secondary N) is 1. The summed E-state index contributed by atoms with van der Waals surface area (Å²) < 4.78 is 10.2. The summed E-state index contributed by atoms with van der Waals surface area (Å²) >= 11 is 0. The van der Waals surface area contributed by atoms with Gasteiger partial charge in [0, 0.05) is 6.42 Å². The van der Waals surface area contributed by atoms with E-state index in [4.69, 9.17) is 9.47 Å². The molecule has 0 spiro atoms. The van der Waals surface area contributed by atoms with Crippen LogP contribution < -0.4 is 10.1 Å². The highest BCUT2D eigenvalue weighted by molar-refractivity contribution is 5.94. The zero-order valence-electron chi connectivity index (χ0n) is 18.0. The second-order valence-electron chi connectivity index (χ2n) is 7.46. The van der Waals surface area contributed by atoms with Crippen molar-refractivity contribution in [2.24, 2.45) is 0 Å². The molecule has 3 rings (SSSR count). The molecular formula is C26H27NO4. The molecule has 1 atom stereocenters. The third-order valence-electron chi connectivity index (χ3n) is 5.55. The van der Waals surface area contributed by atoms with Crippen molar-refractivity contribution in [3.8, 4) is 5.75 Å². The fourth-order valence-electron chi connectivity index (χ4n) is 3.61. The SMILES string of the molecule is COC(=O)[C@@H](Cc1ccc(OC)cc1)NC(=O)C(C)(c1ccccc1)c1ccccc1. The Hall–Kier alpha value is -3.60. The van der Waals surface area contributed by atoms with E-state index in [9.17, 15) is 9.59 Å². The van der Waals surface area contributed by atoms with Gasteiger partial charge in [0.25, 0.3) is 0 Å². The molecule has 0 heterocycles. The van der Waals surface area contributed by atoms with Gasteiger partial charge in [-0.25, -0.2) is 4.79 Å². The zero-order chi connectivity index (χ0) is 22.3. The van der Waals surface area contributed by atoms with Gasteiger partial charge in [0.05, 0.1) is 19.6 Å². The lowest BCUT2D eigenvalue weighted by Crippen LogP contribution is -2.51. The number of hydrogen-bond donors (Lipinski definition) is 1. The Bertz CT molecular complexity index is 961. The number of carbonyl (C=O) groups is 2. The van der Waals surface area contributed by atoms with E-state index >= 15 is 0 Å². The number of carbonyl (C=O) groups excluding carboxylic acids is 2. The van der Waals surface area contributed by atoms with Crippen LogP contribution in [-0.4, -0.2) is 32.1 Å². The van der Waals surface area contributed by atoms with E-state index in [-0.39, 0.29) is 5.91 Å². The maximum atomic E-state index is 13.6. The molecule has 0 bridgehead atoms.